The molecule has 17 heavy (non-hydrogen) atoms. The zero-order valence-corrected chi connectivity index (χ0v) is 10.5. The second-order valence-electron chi connectivity index (χ2n) is 3.78. The predicted octanol–water partition coefficient (Wildman–Crippen LogP) is 1.97. The number of hydrogen-bond donors (Lipinski definition) is 2. The van der Waals surface area contributed by atoms with Gasteiger partial charge in [-0.2, -0.15) is 0 Å². The van der Waals surface area contributed by atoms with Crippen molar-refractivity contribution in [1.82, 2.24) is 5.32 Å². The average Bonchev–Trinajstić information content (AvgIpc) is 2.28. The molecule has 96 valence electrons. The molecule has 0 aliphatic heterocycles. The summed E-state index contributed by atoms with van der Waals surface area (Å²) < 4.78 is 17.9. The Morgan fingerprint density at radius 1 is 1.53 bits per heavy atom. The van der Waals surface area contributed by atoms with Crippen LogP contribution in [0.25, 0.3) is 0 Å². The van der Waals surface area contributed by atoms with Gasteiger partial charge in [-0.25, -0.2) is 4.39 Å². The van der Waals surface area contributed by atoms with Crippen molar-refractivity contribution in [2.75, 3.05) is 20.3 Å². The Morgan fingerprint density at radius 3 is 2.88 bits per heavy atom. The Balaban J connectivity index is 2.52. The zero-order valence-electron chi connectivity index (χ0n) is 9.75. The maximum absolute atomic E-state index is 12.8. The van der Waals surface area contributed by atoms with Crippen LogP contribution in [-0.4, -0.2) is 31.5 Å². The molecule has 0 amide bonds. The van der Waals surface area contributed by atoms with E-state index in [2.05, 4.69) is 5.32 Å². The molecule has 3 nitrogen and oxygen atoms in total. The first-order chi connectivity index (χ1) is 8.17. The van der Waals surface area contributed by atoms with Crippen LogP contribution in [0.3, 0.4) is 0 Å². The van der Waals surface area contributed by atoms with E-state index in [1.807, 2.05) is 0 Å². The van der Waals surface area contributed by atoms with Crippen LogP contribution in [0.1, 0.15) is 12.0 Å². The van der Waals surface area contributed by atoms with E-state index in [-0.39, 0.29) is 18.5 Å². The number of hydrogen-bond acceptors (Lipinski definition) is 3. The van der Waals surface area contributed by atoms with Gasteiger partial charge in [0.05, 0.1) is 6.61 Å². The van der Waals surface area contributed by atoms with Crippen LogP contribution < -0.4 is 5.32 Å². The van der Waals surface area contributed by atoms with Crippen LogP contribution in [0.2, 0.25) is 5.02 Å². The summed E-state index contributed by atoms with van der Waals surface area (Å²) >= 11 is 5.91. The molecule has 0 aromatic heterocycles. The lowest BCUT2D eigenvalue weighted by Crippen LogP contribution is -2.33. The molecule has 0 aliphatic rings. The highest BCUT2D eigenvalue weighted by molar-refractivity contribution is 6.31. The molecule has 0 fully saturated rings. The van der Waals surface area contributed by atoms with E-state index in [0.717, 1.165) is 5.56 Å². The summed E-state index contributed by atoms with van der Waals surface area (Å²) in [6.07, 6.45) is 0.604. The molecular formula is C12H17ClFNO2. The molecule has 1 rings (SSSR count). The molecule has 1 atom stereocenters. The summed E-state index contributed by atoms with van der Waals surface area (Å²) in [5, 5.41) is 12.5. The topological polar surface area (TPSA) is 41.5 Å². The van der Waals surface area contributed by atoms with E-state index < -0.39 is 0 Å². The highest BCUT2D eigenvalue weighted by atomic mass is 35.5. The number of aliphatic hydroxyl groups excluding tert-OH is 1. The lowest BCUT2D eigenvalue weighted by Gasteiger charge is -2.17. The number of nitrogens with one attached hydrogen (secondary N) is 1. The van der Waals surface area contributed by atoms with Crippen molar-refractivity contribution in [3.8, 4) is 0 Å². The van der Waals surface area contributed by atoms with Crippen molar-refractivity contribution in [3.63, 3.8) is 0 Å². The first-order valence-electron chi connectivity index (χ1n) is 5.44. The van der Waals surface area contributed by atoms with Crippen molar-refractivity contribution < 1.29 is 14.2 Å². The first-order valence-corrected chi connectivity index (χ1v) is 5.82. The van der Waals surface area contributed by atoms with Gasteiger partial charge in [0, 0.05) is 31.3 Å². The van der Waals surface area contributed by atoms with Gasteiger partial charge in [-0.3, -0.25) is 0 Å². The summed E-state index contributed by atoms with van der Waals surface area (Å²) in [4.78, 5) is 0. The molecule has 0 heterocycles. The Bertz CT molecular complexity index is 343. The third-order valence-corrected chi connectivity index (χ3v) is 2.79. The zero-order chi connectivity index (χ0) is 12.7. The maximum atomic E-state index is 12.8. The van der Waals surface area contributed by atoms with Gasteiger partial charge < -0.3 is 15.2 Å². The first kappa shape index (κ1) is 14.4. The Kier molecular flexibility index (Phi) is 6.44. The summed E-state index contributed by atoms with van der Waals surface area (Å²) in [5.74, 6) is -0.345. The molecule has 1 aromatic rings. The third-order valence-electron chi connectivity index (χ3n) is 2.44. The second-order valence-corrected chi connectivity index (χ2v) is 4.19. The molecule has 0 spiro atoms. The largest absolute Gasteiger partial charge is 0.396 e. The van der Waals surface area contributed by atoms with Gasteiger partial charge in [-0.05, 0) is 24.1 Å². The van der Waals surface area contributed by atoms with Gasteiger partial charge in [-0.15, -0.1) is 0 Å². The van der Waals surface area contributed by atoms with Gasteiger partial charge >= 0.3 is 0 Å². The van der Waals surface area contributed by atoms with Crippen LogP contribution in [0, 0.1) is 5.82 Å². The van der Waals surface area contributed by atoms with E-state index in [9.17, 15) is 4.39 Å². The van der Waals surface area contributed by atoms with Crippen LogP contribution in [-0.2, 0) is 11.3 Å². The minimum absolute atomic E-state index is 0.0612. The molecule has 1 aromatic carbocycles. The van der Waals surface area contributed by atoms with Crippen molar-refractivity contribution >= 4 is 11.6 Å². The summed E-state index contributed by atoms with van der Waals surface area (Å²) in [5.41, 5.74) is 0.826. The summed E-state index contributed by atoms with van der Waals surface area (Å²) in [6.45, 7) is 1.13. The fourth-order valence-corrected chi connectivity index (χ4v) is 1.75. The normalized spacial score (nSPS) is 12.7. The lowest BCUT2D eigenvalue weighted by molar-refractivity contribution is 0.148. The molecule has 2 N–H and O–H groups in total. The van der Waals surface area contributed by atoms with Gasteiger partial charge in [0.15, 0.2) is 0 Å². The molecule has 1 unspecified atom stereocenters. The van der Waals surface area contributed by atoms with E-state index in [1.54, 1.807) is 13.2 Å². The average molecular weight is 262 g/mol. The lowest BCUT2D eigenvalue weighted by atomic mass is 10.2. The molecule has 0 radical (unpaired) electrons. The SMILES string of the molecule is COCC(CCO)NCc1ccc(F)cc1Cl. The van der Waals surface area contributed by atoms with Gasteiger partial charge in [0.2, 0.25) is 0 Å². The van der Waals surface area contributed by atoms with Gasteiger partial charge in [-0.1, -0.05) is 17.7 Å². The fourth-order valence-electron chi connectivity index (χ4n) is 1.52. The Labute approximate surface area is 106 Å². The number of ether oxygens (including phenoxy) is 1. The number of halogens is 2. The van der Waals surface area contributed by atoms with Gasteiger partial charge in [0.25, 0.3) is 0 Å². The fraction of sp³-hybridized carbons (Fsp3) is 0.500. The molecule has 0 aliphatic carbocycles. The van der Waals surface area contributed by atoms with Crippen LogP contribution in [0.15, 0.2) is 18.2 Å². The maximum Gasteiger partial charge on any atom is 0.124 e. The highest BCUT2D eigenvalue weighted by Gasteiger charge is 2.08. The number of rotatable bonds is 7. The van der Waals surface area contributed by atoms with Crippen molar-refractivity contribution in [2.45, 2.75) is 19.0 Å². The van der Waals surface area contributed by atoms with E-state index in [4.69, 9.17) is 21.4 Å². The van der Waals surface area contributed by atoms with Crippen molar-refractivity contribution in [1.29, 1.82) is 0 Å². The van der Waals surface area contributed by atoms with Crippen molar-refractivity contribution in [3.05, 3.63) is 34.6 Å². The van der Waals surface area contributed by atoms with Crippen LogP contribution in [0.5, 0.6) is 0 Å². The van der Waals surface area contributed by atoms with Crippen LogP contribution >= 0.6 is 11.6 Å². The number of aliphatic hydroxyl groups is 1. The molecule has 5 heteroatoms. The monoisotopic (exact) mass is 261 g/mol. The molecule has 0 bridgehead atoms. The number of benzene rings is 1. The van der Waals surface area contributed by atoms with E-state index in [0.29, 0.717) is 24.6 Å². The molecular weight excluding hydrogens is 245 g/mol. The summed E-state index contributed by atoms with van der Waals surface area (Å²) in [7, 11) is 1.61. The Hall–Kier alpha value is -0.680. The van der Waals surface area contributed by atoms with E-state index in [1.165, 1.54) is 12.1 Å². The number of methoxy groups -OCH3 is 1. The third kappa shape index (κ3) is 5.00. The van der Waals surface area contributed by atoms with Crippen molar-refractivity contribution in [2.24, 2.45) is 0 Å². The van der Waals surface area contributed by atoms with E-state index >= 15 is 0 Å². The molecule has 0 saturated carbocycles. The van der Waals surface area contributed by atoms with Gasteiger partial charge in [0.1, 0.15) is 5.82 Å². The standard InChI is InChI=1S/C12H17ClFNO2/c1-17-8-11(4-5-16)15-7-9-2-3-10(14)6-12(9)13/h2-3,6,11,15-16H,4-5,7-8H2,1H3. The molecule has 0 saturated heterocycles. The summed E-state index contributed by atoms with van der Waals surface area (Å²) in [6, 6.07) is 4.37. The minimum Gasteiger partial charge on any atom is -0.396 e. The predicted molar refractivity (Wildman–Crippen MR) is 65.6 cm³/mol. The smallest absolute Gasteiger partial charge is 0.124 e. The quantitative estimate of drug-likeness (QED) is 0.789. The van der Waals surface area contributed by atoms with Crippen LogP contribution in [0.4, 0.5) is 4.39 Å². The highest BCUT2D eigenvalue weighted by Crippen LogP contribution is 2.17. The second kappa shape index (κ2) is 7.61. The minimum atomic E-state index is -0.345. The Morgan fingerprint density at radius 2 is 2.29 bits per heavy atom.